The van der Waals surface area contributed by atoms with Crippen molar-refractivity contribution < 1.29 is 17.9 Å². The highest BCUT2D eigenvalue weighted by Gasteiger charge is 2.17. The van der Waals surface area contributed by atoms with E-state index in [9.17, 15) is 13.2 Å². The van der Waals surface area contributed by atoms with Crippen LogP contribution in [0, 0.1) is 20.8 Å². The van der Waals surface area contributed by atoms with Gasteiger partial charge >= 0.3 is 0 Å². The van der Waals surface area contributed by atoms with Crippen LogP contribution in [0.2, 0.25) is 0 Å². The minimum Gasteiger partial charge on any atom is -0.497 e. The highest BCUT2D eigenvalue weighted by molar-refractivity contribution is 7.92. The third-order valence-corrected chi connectivity index (χ3v) is 7.26. The lowest BCUT2D eigenvalue weighted by molar-refractivity contribution is 0.0955. The van der Waals surface area contributed by atoms with E-state index in [4.69, 9.17) is 4.74 Å². The summed E-state index contributed by atoms with van der Waals surface area (Å²) < 4.78 is 35.4. The van der Waals surface area contributed by atoms with Crippen LogP contribution in [0.3, 0.4) is 0 Å². The van der Waals surface area contributed by atoms with Crippen LogP contribution >= 0.6 is 0 Å². The minimum absolute atomic E-state index is 0.0402. The number of ether oxygens (including phenoxy) is 1. The van der Waals surface area contributed by atoms with Crippen LogP contribution in [0.15, 0.2) is 88.9 Å². The van der Waals surface area contributed by atoms with E-state index < -0.39 is 15.9 Å². The van der Waals surface area contributed by atoms with Gasteiger partial charge in [0.15, 0.2) is 0 Å². The summed E-state index contributed by atoms with van der Waals surface area (Å²) in [6, 6.07) is 22.5. The van der Waals surface area contributed by atoms with Gasteiger partial charge in [0.1, 0.15) is 5.75 Å². The zero-order valence-corrected chi connectivity index (χ0v) is 21.8. The van der Waals surface area contributed by atoms with E-state index in [0.717, 1.165) is 22.6 Å². The van der Waals surface area contributed by atoms with Crippen LogP contribution in [0.25, 0.3) is 5.69 Å². The first-order chi connectivity index (χ1) is 17.7. The Hall–Kier alpha value is -4.37. The molecule has 1 aromatic heterocycles. The molecule has 0 aliphatic rings. The Morgan fingerprint density at radius 1 is 0.946 bits per heavy atom. The molecular weight excluding hydrogens is 488 g/mol. The van der Waals surface area contributed by atoms with Crippen LogP contribution in [0.4, 0.5) is 5.69 Å². The lowest BCUT2D eigenvalue weighted by Crippen LogP contribution is -2.19. The van der Waals surface area contributed by atoms with Gasteiger partial charge in [-0.3, -0.25) is 9.52 Å². The molecule has 1 amide bonds. The number of hydrogen-bond donors (Lipinski definition) is 2. The first-order valence-electron chi connectivity index (χ1n) is 11.5. The van der Waals surface area contributed by atoms with Gasteiger partial charge in [0.25, 0.3) is 15.9 Å². The van der Waals surface area contributed by atoms with Gasteiger partial charge in [-0.05, 0) is 81.4 Å². The SMILES string of the molecule is COc1ccc(NS(=O)(=O)c2cccc(C(=O)N/N=C/c3cc(C)n(-c4ccc(C)cc4)c3C)c2)cc1. The van der Waals surface area contributed by atoms with Crippen LogP contribution in [-0.2, 0) is 10.0 Å². The number of methoxy groups -OCH3 is 1. The summed E-state index contributed by atoms with van der Waals surface area (Å²) in [5.41, 5.74) is 8.14. The molecule has 9 heteroatoms. The van der Waals surface area contributed by atoms with E-state index >= 15 is 0 Å². The zero-order valence-electron chi connectivity index (χ0n) is 21.0. The molecule has 2 N–H and O–H groups in total. The van der Waals surface area contributed by atoms with Crippen molar-refractivity contribution in [3.8, 4) is 11.4 Å². The Morgan fingerprint density at radius 3 is 2.32 bits per heavy atom. The summed E-state index contributed by atoms with van der Waals surface area (Å²) in [7, 11) is -2.37. The highest BCUT2D eigenvalue weighted by Crippen LogP contribution is 2.21. The van der Waals surface area contributed by atoms with Gasteiger partial charge in [0, 0.05) is 33.9 Å². The number of nitrogens with one attached hydrogen (secondary N) is 2. The number of nitrogens with zero attached hydrogens (tertiary/aromatic N) is 2. The second kappa shape index (κ2) is 10.7. The first-order valence-corrected chi connectivity index (χ1v) is 13.0. The molecule has 0 aliphatic carbocycles. The Morgan fingerprint density at radius 2 is 1.65 bits per heavy atom. The van der Waals surface area contributed by atoms with Crippen molar-refractivity contribution in [1.29, 1.82) is 0 Å². The van der Waals surface area contributed by atoms with Crippen molar-refractivity contribution >= 4 is 27.8 Å². The highest BCUT2D eigenvalue weighted by atomic mass is 32.2. The third kappa shape index (κ3) is 5.90. The standard InChI is InChI=1S/C28H28N4O4S/c1-19-8-12-25(13-9-19)32-20(2)16-23(21(32)3)18-29-30-28(33)22-6-5-7-27(17-22)37(34,35)31-24-10-14-26(36-4)15-11-24/h5-18,31H,1-4H3,(H,30,33)/b29-18+. The molecule has 4 aromatic rings. The Kier molecular flexibility index (Phi) is 7.45. The Labute approximate surface area is 216 Å². The lowest BCUT2D eigenvalue weighted by atomic mass is 10.2. The second-order valence-electron chi connectivity index (χ2n) is 8.56. The summed E-state index contributed by atoms with van der Waals surface area (Å²) in [6.07, 6.45) is 1.58. The van der Waals surface area contributed by atoms with Gasteiger partial charge in [0.2, 0.25) is 0 Å². The van der Waals surface area contributed by atoms with E-state index in [0.29, 0.717) is 11.4 Å². The molecule has 0 atom stereocenters. The summed E-state index contributed by atoms with van der Waals surface area (Å²) in [5.74, 6) is 0.0873. The Bertz CT molecular complexity index is 1550. The first kappa shape index (κ1) is 25.7. The number of carbonyl (C=O) groups excluding carboxylic acids is 1. The number of amides is 1. The van der Waals surface area contributed by atoms with E-state index in [1.165, 1.54) is 36.9 Å². The number of anilines is 1. The molecule has 0 saturated carbocycles. The second-order valence-corrected chi connectivity index (χ2v) is 10.2. The molecule has 0 spiro atoms. The van der Waals surface area contributed by atoms with Crippen molar-refractivity contribution in [2.75, 3.05) is 11.8 Å². The van der Waals surface area contributed by atoms with E-state index in [-0.39, 0.29) is 10.5 Å². The Balaban J connectivity index is 1.47. The van der Waals surface area contributed by atoms with Gasteiger partial charge in [-0.25, -0.2) is 13.8 Å². The third-order valence-electron chi connectivity index (χ3n) is 5.88. The fourth-order valence-electron chi connectivity index (χ4n) is 3.91. The summed E-state index contributed by atoms with van der Waals surface area (Å²) >= 11 is 0. The van der Waals surface area contributed by atoms with E-state index in [1.807, 2.05) is 26.8 Å². The predicted octanol–water partition coefficient (Wildman–Crippen LogP) is 4.98. The number of benzene rings is 3. The molecule has 0 saturated heterocycles. The van der Waals surface area contributed by atoms with Gasteiger partial charge in [-0.2, -0.15) is 5.10 Å². The van der Waals surface area contributed by atoms with Crippen LogP contribution < -0.4 is 14.9 Å². The van der Waals surface area contributed by atoms with Gasteiger partial charge in [-0.1, -0.05) is 23.8 Å². The van der Waals surface area contributed by atoms with Crippen molar-refractivity contribution in [3.05, 3.63) is 107 Å². The topological polar surface area (TPSA) is 102 Å². The summed E-state index contributed by atoms with van der Waals surface area (Å²) in [6.45, 7) is 6.04. The monoisotopic (exact) mass is 516 g/mol. The van der Waals surface area contributed by atoms with Gasteiger partial charge in [-0.15, -0.1) is 0 Å². The normalized spacial score (nSPS) is 11.5. The van der Waals surface area contributed by atoms with Crippen molar-refractivity contribution in [3.63, 3.8) is 0 Å². The fraction of sp³-hybridized carbons (Fsp3) is 0.143. The van der Waals surface area contributed by atoms with Crippen molar-refractivity contribution in [2.45, 2.75) is 25.7 Å². The number of rotatable bonds is 8. The van der Waals surface area contributed by atoms with Crippen LogP contribution in [0.5, 0.6) is 5.75 Å². The molecule has 0 radical (unpaired) electrons. The van der Waals surface area contributed by atoms with Crippen molar-refractivity contribution in [2.24, 2.45) is 5.10 Å². The van der Waals surface area contributed by atoms with Gasteiger partial charge < -0.3 is 9.30 Å². The number of hydrogen-bond acceptors (Lipinski definition) is 5. The molecule has 3 aromatic carbocycles. The number of aromatic nitrogens is 1. The molecule has 0 fully saturated rings. The zero-order chi connectivity index (χ0) is 26.6. The maximum atomic E-state index is 12.8. The molecule has 1 heterocycles. The smallest absolute Gasteiger partial charge is 0.271 e. The predicted molar refractivity (Wildman–Crippen MR) is 145 cm³/mol. The number of aryl methyl sites for hydroxylation is 2. The molecule has 0 aliphatic heterocycles. The maximum Gasteiger partial charge on any atom is 0.271 e. The molecule has 0 unspecified atom stereocenters. The van der Waals surface area contributed by atoms with Crippen LogP contribution in [-0.4, -0.2) is 32.2 Å². The number of hydrazone groups is 1. The number of sulfonamides is 1. The van der Waals surface area contributed by atoms with E-state index in [1.54, 1.807) is 30.5 Å². The summed E-state index contributed by atoms with van der Waals surface area (Å²) in [5, 5.41) is 4.10. The quantitative estimate of drug-likeness (QED) is 0.255. The molecule has 4 rings (SSSR count). The number of carbonyl (C=O) groups is 1. The molecule has 190 valence electrons. The molecule has 8 nitrogen and oxygen atoms in total. The average Bonchev–Trinajstić information content (AvgIpc) is 3.17. The summed E-state index contributed by atoms with van der Waals surface area (Å²) in [4.78, 5) is 12.7. The van der Waals surface area contributed by atoms with Crippen LogP contribution in [0.1, 0.15) is 32.9 Å². The minimum atomic E-state index is -3.90. The van der Waals surface area contributed by atoms with E-state index in [2.05, 4.69) is 44.1 Å². The largest absolute Gasteiger partial charge is 0.497 e. The lowest BCUT2D eigenvalue weighted by Gasteiger charge is -2.10. The molecule has 0 bridgehead atoms. The fourth-order valence-corrected chi connectivity index (χ4v) is 5.02. The van der Waals surface area contributed by atoms with Crippen molar-refractivity contribution in [1.82, 2.24) is 9.99 Å². The van der Waals surface area contributed by atoms with Gasteiger partial charge in [0.05, 0.1) is 18.2 Å². The molecule has 37 heavy (non-hydrogen) atoms. The maximum absolute atomic E-state index is 12.8. The molecular formula is C28H28N4O4S. The average molecular weight is 517 g/mol.